The molecule has 0 fully saturated rings. The number of thioether (sulfide) groups is 1. The van der Waals surface area contributed by atoms with Gasteiger partial charge in [-0.25, -0.2) is 4.98 Å². The number of carboxylic acids is 1. The van der Waals surface area contributed by atoms with Crippen molar-refractivity contribution in [3.05, 3.63) is 53.2 Å². The molecule has 1 aromatic heterocycles. The average Bonchev–Trinajstić information content (AvgIpc) is 2.70. The highest BCUT2D eigenvalue weighted by molar-refractivity contribution is 8.00. The van der Waals surface area contributed by atoms with E-state index in [1.165, 1.54) is 23.9 Å². The standard InChI is InChI=1S/C21H22N4O4S/c1-13(2)9-17-8-5-15(10-22)21(25-17)30-12-18(26)24-16-6-3-14(4-7-16)20(29)23-11-19(27)28/h3-8,13H,9,11-12H2,1-2H3,(H,23,29)(H,24,26)(H,27,28). The predicted octanol–water partition coefficient (Wildman–Crippen LogP) is 2.70. The third-order valence-electron chi connectivity index (χ3n) is 3.83. The lowest BCUT2D eigenvalue weighted by Crippen LogP contribution is -2.29. The number of pyridine rings is 1. The molecular formula is C21H22N4O4S. The summed E-state index contributed by atoms with van der Waals surface area (Å²) < 4.78 is 0. The summed E-state index contributed by atoms with van der Waals surface area (Å²) in [4.78, 5) is 39.0. The second-order valence-electron chi connectivity index (χ2n) is 6.86. The van der Waals surface area contributed by atoms with Crippen LogP contribution in [0.3, 0.4) is 0 Å². The maximum Gasteiger partial charge on any atom is 0.322 e. The average molecular weight is 426 g/mol. The second-order valence-corrected chi connectivity index (χ2v) is 7.82. The van der Waals surface area contributed by atoms with Gasteiger partial charge in [-0.1, -0.05) is 25.6 Å². The van der Waals surface area contributed by atoms with Crippen molar-refractivity contribution in [1.29, 1.82) is 5.26 Å². The van der Waals surface area contributed by atoms with Gasteiger partial charge >= 0.3 is 5.97 Å². The fourth-order valence-corrected chi connectivity index (χ4v) is 3.29. The van der Waals surface area contributed by atoms with Crippen LogP contribution in [0.4, 0.5) is 5.69 Å². The molecule has 2 aromatic rings. The highest BCUT2D eigenvalue weighted by Gasteiger charge is 2.12. The summed E-state index contributed by atoms with van der Waals surface area (Å²) in [7, 11) is 0. The van der Waals surface area contributed by atoms with Gasteiger partial charge in [-0.05, 0) is 48.7 Å². The van der Waals surface area contributed by atoms with Gasteiger partial charge in [0.15, 0.2) is 0 Å². The third kappa shape index (κ3) is 7.22. The molecule has 30 heavy (non-hydrogen) atoms. The molecule has 0 aliphatic carbocycles. The van der Waals surface area contributed by atoms with E-state index >= 15 is 0 Å². The first-order valence-corrected chi connectivity index (χ1v) is 10.2. The lowest BCUT2D eigenvalue weighted by molar-refractivity contribution is -0.135. The summed E-state index contributed by atoms with van der Waals surface area (Å²) in [6, 6.07) is 11.7. The minimum absolute atomic E-state index is 0.0770. The highest BCUT2D eigenvalue weighted by Crippen LogP contribution is 2.22. The second kappa shape index (κ2) is 11.0. The van der Waals surface area contributed by atoms with E-state index in [-0.39, 0.29) is 17.2 Å². The SMILES string of the molecule is CC(C)Cc1ccc(C#N)c(SCC(=O)Nc2ccc(C(=O)NCC(=O)O)cc2)n1. The van der Waals surface area contributed by atoms with Crippen LogP contribution in [-0.2, 0) is 16.0 Å². The largest absolute Gasteiger partial charge is 0.480 e. The number of hydrogen-bond donors (Lipinski definition) is 3. The van der Waals surface area contributed by atoms with Crippen LogP contribution >= 0.6 is 11.8 Å². The Morgan fingerprint density at radius 3 is 2.47 bits per heavy atom. The number of amides is 2. The van der Waals surface area contributed by atoms with Gasteiger partial charge in [-0.3, -0.25) is 14.4 Å². The molecule has 1 heterocycles. The van der Waals surface area contributed by atoms with E-state index < -0.39 is 18.4 Å². The zero-order chi connectivity index (χ0) is 22.1. The van der Waals surface area contributed by atoms with Crippen LogP contribution in [0.25, 0.3) is 0 Å². The summed E-state index contributed by atoms with van der Waals surface area (Å²) in [5, 5.41) is 23.3. The number of nitrogens with zero attached hydrogens (tertiary/aromatic N) is 2. The van der Waals surface area contributed by atoms with Crippen molar-refractivity contribution >= 4 is 35.2 Å². The number of aromatic nitrogens is 1. The van der Waals surface area contributed by atoms with E-state index in [1.807, 2.05) is 6.07 Å². The summed E-state index contributed by atoms with van der Waals surface area (Å²) in [6.07, 6.45) is 0.790. The van der Waals surface area contributed by atoms with Crippen molar-refractivity contribution in [2.75, 3.05) is 17.6 Å². The van der Waals surface area contributed by atoms with Crippen LogP contribution in [0.5, 0.6) is 0 Å². The minimum atomic E-state index is -1.13. The number of anilines is 1. The number of carbonyl (C=O) groups excluding carboxylic acids is 2. The summed E-state index contributed by atoms with van der Waals surface area (Å²) in [5.74, 6) is -1.41. The van der Waals surface area contributed by atoms with Crippen molar-refractivity contribution in [3.8, 4) is 6.07 Å². The van der Waals surface area contributed by atoms with Crippen LogP contribution in [0, 0.1) is 17.2 Å². The predicted molar refractivity (Wildman–Crippen MR) is 113 cm³/mol. The van der Waals surface area contributed by atoms with Gasteiger partial charge in [0, 0.05) is 16.9 Å². The Morgan fingerprint density at radius 1 is 1.17 bits per heavy atom. The van der Waals surface area contributed by atoms with E-state index in [1.54, 1.807) is 18.2 Å². The van der Waals surface area contributed by atoms with Crippen molar-refractivity contribution in [2.24, 2.45) is 5.92 Å². The van der Waals surface area contributed by atoms with Crippen molar-refractivity contribution in [1.82, 2.24) is 10.3 Å². The maximum atomic E-state index is 12.3. The van der Waals surface area contributed by atoms with Crippen LogP contribution in [0.2, 0.25) is 0 Å². The Labute approximate surface area is 178 Å². The first-order chi connectivity index (χ1) is 14.3. The first-order valence-electron chi connectivity index (χ1n) is 9.21. The molecule has 2 rings (SSSR count). The van der Waals surface area contributed by atoms with Gasteiger partial charge in [-0.15, -0.1) is 0 Å². The van der Waals surface area contributed by atoms with Crippen LogP contribution in [0.1, 0.15) is 35.5 Å². The van der Waals surface area contributed by atoms with Crippen LogP contribution in [-0.4, -0.2) is 40.2 Å². The summed E-state index contributed by atoms with van der Waals surface area (Å²) >= 11 is 1.19. The molecule has 0 bridgehead atoms. The molecule has 0 radical (unpaired) electrons. The van der Waals surface area contributed by atoms with E-state index in [4.69, 9.17) is 5.11 Å². The molecule has 156 valence electrons. The van der Waals surface area contributed by atoms with E-state index in [0.717, 1.165) is 12.1 Å². The van der Waals surface area contributed by atoms with Gasteiger partial charge in [0.2, 0.25) is 5.91 Å². The number of rotatable bonds is 9. The number of hydrogen-bond acceptors (Lipinski definition) is 6. The number of benzene rings is 1. The van der Waals surface area contributed by atoms with Crippen LogP contribution < -0.4 is 10.6 Å². The number of carbonyl (C=O) groups is 3. The molecule has 0 aliphatic rings. The lowest BCUT2D eigenvalue weighted by Gasteiger charge is -2.09. The van der Waals surface area contributed by atoms with E-state index in [9.17, 15) is 19.6 Å². The van der Waals surface area contributed by atoms with Gasteiger partial charge in [-0.2, -0.15) is 5.26 Å². The Hall–Kier alpha value is -3.38. The monoisotopic (exact) mass is 426 g/mol. The topological polar surface area (TPSA) is 132 Å². The minimum Gasteiger partial charge on any atom is -0.480 e. The lowest BCUT2D eigenvalue weighted by atomic mass is 10.1. The fourth-order valence-electron chi connectivity index (χ4n) is 2.50. The van der Waals surface area contributed by atoms with Crippen molar-refractivity contribution < 1.29 is 19.5 Å². The van der Waals surface area contributed by atoms with Crippen molar-refractivity contribution in [2.45, 2.75) is 25.3 Å². The molecule has 0 unspecified atom stereocenters. The van der Waals surface area contributed by atoms with E-state index in [2.05, 4.69) is 35.5 Å². The summed E-state index contributed by atoms with van der Waals surface area (Å²) in [5.41, 5.74) is 2.09. The highest BCUT2D eigenvalue weighted by atomic mass is 32.2. The number of nitrogens with one attached hydrogen (secondary N) is 2. The van der Waals surface area contributed by atoms with E-state index in [0.29, 0.717) is 22.2 Å². The molecular weight excluding hydrogens is 404 g/mol. The van der Waals surface area contributed by atoms with Gasteiger partial charge in [0.05, 0.1) is 11.3 Å². The third-order valence-corrected chi connectivity index (χ3v) is 4.82. The molecule has 0 saturated heterocycles. The Bertz CT molecular complexity index is 968. The van der Waals surface area contributed by atoms with Crippen LogP contribution in [0.15, 0.2) is 41.4 Å². The van der Waals surface area contributed by atoms with Gasteiger partial charge < -0.3 is 15.7 Å². The van der Waals surface area contributed by atoms with Gasteiger partial charge in [0.25, 0.3) is 5.91 Å². The Kier molecular flexibility index (Phi) is 8.38. The molecule has 9 heteroatoms. The Balaban J connectivity index is 1.94. The molecule has 0 atom stereocenters. The fraction of sp³-hybridized carbons (Fsp3) is 0.286. The quantitative estimate of drug-likeness (QED) is 0.525. The smallest absolute Gasteiger partial charge is 0.322 e. The number of aliphatic carboxylic acids is 1. The summed E-state index contributed by atoms with van der Waals surface area (Å²) in [6.45, 7) is 3.70. The van der Waals surface area contributed by atoms with Crippen molar-refractivity contribution in [3.63, 3.8) is 0 Å². The normalized spacial score (nSPS) is 10.3. The zero-order valence-corrected chi connectivity index (χ0v) is 17.5. The molecule has 3 N–H and O–H groups in total. The zero-order valence-electron chi connectivity index (χ0n) is 16.6. The Morgan fingerprint density at radius 2 is 1.87 bits per heavy atom. The molecule has 1 aromatic carbocycles. The molecule has 8 nitrogen and oxygen atoms in total. The number of carboxylic acid groups (broad SMARTS) is 1. The molecule has 2 amide bonds. The maximum absolute atomic E-state index is 12.3. The molecule has 0 spiro atoms. The number of nitriles is 1. The molecule has 0 saturated carbocycles. The molecule has 0 aliphatic heterocycles. The first kappa shape index (κ1) is 22.9. The van der Waals surface area contributed by atoms with Gasteiger partial charge in [0.1, 0.15) is 17.6 Å².